The normalized spacial score (nSPS) is 11.7. The minimum Gasteiger partial charge on any atom is -0.351 e. The van der Waals surface area contributed by atoms with Gasteiger partial charge in [-0.3, -0.25) is 4.79 Å². The van der Waals surface area contributed by atoms with Crippen molar-refractivity contribution >= 4 is 11.7 Å². The maximum absolute atomic E-state index is 12.6. The lowest BCUT2D eigenvalue weighted by atomic mass is 9.99. The number of halogens is 3. The SMILES string of the molecule is CCC(CC)c1cc(C(=O)Nc2cc(C(F)(F)F)ccn2)on1. The van der Waals surface area contributed by atoms with Gasteiger partial charge >= 0.3 is 6.18 Å². The fraction of sp³-hybridized carbons (Fsp3) is 0.400. The molecule has 2 heterocycles. The molecule has 2 aromatic rings. The number of hydrogen-bond acceptors (Lipinski definition) is 4. The Balaban J connectivity index is 2.14. The number of aromatic nitrogens is 2. The van der Waals surface area contributed by atoms with Crippen LogP contribution in [-0.2, 0) is 6.18 Å². The monoisotopic (exact) mass is 327 g/mol. The van der Waals surface area contributed by atoms with Gasteiger partial charge in [-0.25, -0.2) is 4.98 Å². The molecule has 2 rings (SSSR count). The highest BCUT2D eigenvalue weighted by Crippen LogP contribution is 2.30. The summed E-state index contributed by atoms with van der Waals surface area (Å²) in [5.41, 5.74) is -0.241. The predicted molar refractivity (Wildman–Crippen MR) is 77.0 cm³/mol. The summed E-state index contributed by atoms with van der Waals surface area (Å²) >= 11 is 0. The molecule has 0 saturated heterocycles. The molecular weight excluding hydrogens is 311 g/mol. The summed E-state index contributed by atoms with van der Waals surface area (Å²) in [6.45, 7) is 3.99. The molecule has 8 heteroatoms. The Kier molecular flexibility index (Phi) is 5.02. The molecule has 0 saturated carbocycles. The highest BCUT2D eigenvalue weighted by molar-refractivity contribution is 6.01. The van der Waals surface area contributed by atoms with Crippen LogP contribution in [0, 0.1) is 0 Å². The second kappa shape index (κ2) is 6.80. The first-order valence-electron chi connectivity index (χ1n) is 7.16. The van der Waals surface area contributed by atoms with Crippen molar-refractivity contribution in [1.82, 2.24) is 10.1 Å². The van der Waals surface area contributed by atoms with E-state index in [0.29, 0.717) is 5.69 Å². The van der Waals surface area contributed by atoms with Crippen LogP contribution < -0.4 is 5.32 Å². The Labute approximate surface area is 130 Å². The zero-order valence-electron chi connectivity index (χ0n) is 12.6. The molecule has 1 N–H and O–H groups in total. The third-order valence-corrected chi connectivity index (χ3v) is 3.48. The summed E-state index contributed by atoms with van der Waals surface area (Å²) in [4.78, 5) is 15.7. The van der Waals surface area contributed by atoms with Crippen LogP contribution in [0.4, 0.5) is 19.0 Å². The molecule has 23 heavy (non-hydrogen) atoms. The van der Waals surface area contributed by atoms with E-state index in [-0.39, 0.29) is 17.5 Å². The number of carbonyl (C=O) groups is 1. The molecule has 0 aliphatic heterocycles. The molecule has 0 aliphatic carbocycles. The lowest BCUT2D eigenvalue weighted by Gasteiger charge is -2.08. The molecule has 0 bridgehead atoms. The second-order valence-corrected chi connectivity index (χ2v) is 5.01. The van der Waals surface area contributed by atoms with Crippen LogP contribution in [0.25, 0.3) is 0 Å². The van der Waals surface area contributed by atoms with E-state index in [1.165, 1.54) is 6.07 Å². The van der Waals surface area contributed by atoms with E-state index in [1.807, 2.05) is 13.8 Å². The zero-order valence-corrected chi connectivity index (χ0v) is 12.6. The van der Waals surface area contributed by atoms with E-state index in [2.05, 4.69) is 15.5 Å². The lowest BCUT2D eigenvalue weighted by molar-refractivity contribution is -0.137. The summed E-state index contributed by atoms with van der Waals surface area (Å²) in [5.74, 6) is -0.787. The number of nitrogens with one attached hydrogen (secondary N) is 1. The minimum absolute atomic E-state index is 0.0638. The van der Waals surface area contributed by atoms with Crippen LogP contribution in [0.1, 0.15) is 54.4 Å². The summed E-state index contributed by atoms with van der Waals surface area (Å²) in [5, 5.41) is 6.12. The fourth-order valence-electron chi connectivity index (χ4n) is 2.15. The van der Waals surface area contributed by atoms with E-state index >= 15 is 0 Å². The van der Waals surface area contributed by atoms with Crippen molar-refractivity contribution in [3.8, 4) is 0 Å². The molecule has 0 radical (unpaired) electrons. The first-order valence-corrected chi connectivity index (χ1v) is 7.16. The predicted octanol–water partition coefficient (Wildman–Crippen LogP) is 4.24. The van der Waals surface area contributed by atoms with Crippen molar-refractivity contribution in [3.63, 3.8) is 0 Å². The number of hydrogen-bond donors (Lipinski definition) is 1. The summed E-state index contributed by atoms with van der Waals surface area (Å²) in [6, 6.07) is 3.09. The highest BCUT2D eigenvalue weighted by atomic mass is 19.4. The largest absolute Gasteiger partial charge is 0.416 e. The van der Waals surface area contributed by atoms with E-state index in [0.717, 1.165) is 31.2 Å². The molecule has 0 fully saturated rings. The van der Waals surface area contributed by atoms with Crippen LogP contribution in [0.2, 0.25) is 0 Å². The number of carbonyl (C=O) groups excluding carboxylic acids is 1. The Hall–Kier alpha value is -2.38. The molecule has 1 amide bonds. The smallest absolute Gasteiger partial charge is 0.351 e. The van der Waals surface area contributed by atoms with Crippen molar-refractivity contribution in [1.29, 1.82) is 0 Å². The van der Waals surface area contributed by atoms with Gasteiger partial charge in [0.05, 0.1) is 11.3 Å². The van der Waals surface area contributed by atoms with Gasteiger partial charge in [0.2, 0.25) is 5.76 Å². The summed E-state index contributed by atoms with van der Waals surface area (Å²) < 4.78 is 42.9. The number of amides is 1. The van der Waals surface area contributed by atoms with Crippen molar-refractivity contribution in [3.05, 3.63) is 41.4 Å². The Morgan fingerprint density at radius 3 is 2.61 bits per heavy atom. The first kappa shape index (κ1) is 17.0. The first-order chi connectivity index (χ1) is 10.8. The molecule has 0 spiro atoms. The number of nitrogens with zero attached hydrogens (tertiary/aromatic N) is 2. The van der Waals surface area contributed by atoms with Crippen LogP contribution >= 0.6 is 0 Å². The Morgan fingerprint density at radius 2 is 2.00 bits per heavy atom. The standard InChI is InChI=1S/C15H16F3N3O2/c1-3-9(4-2)11-8-12(23-21-11)14(22)20-13-7-10(5-6-19-13)15(16,17)18/h5-9H,3-4H2,1-2H3,(H,19,20,22). The van der Waals surface area contributed by atoms with Gasteiger partial charge in [0.25, 0.3) is 5.91 Å². The third kappa shape index (κ3) is 4.08. The van der Waals surface area contributed by atoms with Crippen molar-refractivity contribution < 1.29 is 22.5 Å². The number of anilines is 1. The van der Waals surface area contributed by atoms with Gasteiger partial charge in [-0.1, -0.05) is 19.0 Å². The van der Waals surface area contributed by atoms with Crippen molar-refractivity contribution in [2.24, 2.45) is 0 Å². The van der Waals surface area contributed by atoms with Gasteiger partial charge in [0.1, 0.15) is 5.82 Å². The van der Waals surface area contributed by atoms with E-state index in [1.54, 1.807) is 0 Å². The number of pyridine rings is 1. The van der Waals surface area contributed by atoms with E-state index < -0.39 is 17.6 Å². The molecule has 5 nitrogen and oxygen atoms in total. The topological polar surface area (TPSA) is 68.0 Å². The average Bonchev–Trinajstić information content (AvgIpc) is 2.98. The average molecular weight is 327 g/mol. The molecule has 0 unspecified atom stereocenters. The van der Waals surface area contributed by atoms with Crippen molar-refractivity contribution in [2.75, 3.05) is 5.32 Å². The zero-order chi connectivity index (χ0) is 17.0. The second-order valence-electron chi connectivity index (χ2n) is 5.01. The van der Waals surface area contributed by atoms with Gasteiger partial charge in [-0.05, 0) is 25.0 Å². The third-order valence-electron chi connectivity index (χ3n) is 3.48. The van der Waals surface area contributed by atoms with E-state index in [9.17, 15) is 18.0 Å². The maximum atomic E-state index is 12.6. The van der Waals surface area contributed by atoms with Crippen LogP contribution in [0.3, 0.4) is 0 Å². The van der Waals surface area contributed by atoms with Crippen LogP contribution in [0.5, 0.6) is 0 Å². The summed E-state index contributed by atoms with van der Waals surface area (Å²) in [7, 11) is 0. The summed E-state index contributed by atoms with van der Waals surface area (Å²) in [6.07, 6.45) is -1.83. The fourth-order valence-corrected chi connectivity index (χ4v) is 2.15. The van der Waals surface area contributed by atoms with Crippen LogP contribution in [-0.4, -0.2) is 16.0 Å². The molecule has 0 atom stereocenters. The molecule has 2 aromatic heterocycles. The molecule has 0 aliphatic rings. The van der Waals surface area contributed by atoms with Gasteiger partial charge in [0.15, 0.2) is 0 Å². The van der Waals surface area contributed by atoms with Gasteiger partial charge in [0, 0.05) is 18.2 Å². The molecule has 0 aromatic carbocycles. The quantitative estimate of drug-likeness (QED) is 0.891. The Morgan fingerprint density at radius 1 is 1.30 bits per heavy atom. The maximum Gasteiger partial charge on any atom is 0.416 e. The lowest BCUT2D eigenvalue weighted by Crippen LogP contribution is -2.13. The number of rotatable bonds is 5. The Bertz CT molecular complexity index is 679. The van der Waals surface area contributed by atoms with Gasteiger partial charge in [-0.2, -0.15) is 13.2 Å². The van der Waals surface area contributed by atoms with Gasteiger partial charge in [-0.15, -0.1) is 0 Å². The number of alkyl halides is 3. The minimum atomic E-state index is -4.50. The van der Waals surface area contributed by atoms with Crippen molar-refractivity contribution in [2.45, 2.75) is 38.8 Å². The van der Waals surface area contributed by atoms with Gasteiger partial charge < -0.3 is 9.84 Å². The molecule has 124 valence electrons. The van der Waals surface area contributed by atoms with Crippen LogP contribution in [0.15, 0.2) is 28.9 Å². The highest BCUT2D eigenvalue weighted by Gasteiger charge is 2.31. The molecular formula is C15H16F3N3O2. The van der Waals surface area contributed by atoms with E-state index in [4.69, 9.17) is 4.52 Å².